The van der Waals surface area contributed by atoms with Crippen molar-refractivity contribution < 1.29 is 4.74 Å². The molecule has 0 unspecified atom stereocenters. The molecule has 0 saturated carbocycles. The second-order valence-corrected chi connectivity index (χ2v) is 4.87. The van der Waals surface area contributed by atoms with Gasteiger partial charge in [-0.05, 0) is 49.2 Å². The third kappa shape index (κ3) is 3.36. The van der Waals surface area contributed by atoms with Crippen molar-refractivity contribution in [3.63, 3.8) is 0 Å². The number of aryl methyl sites for hydroxylation is 2. The Hall–Kier alpha value is -1.80. The summed E-state index contributed by atoms with van der Waals surface area (Å²) in [6.07, 6.45) is 1.78. The molecule has 2 aromatic rings. The molecular formula is C16H16ClNO. The first-order valence-corrected chi connectivity index (χ1v) is 6.43. The van der Waals surface area contributed by atoms with Crippen LogP contribution in [0.3, 0.4) is 0 Å². The van der Waals surface area contributed by atoms with E-state index in [1.165, 1.54) is 5.56 Å². The van der Waals surface area contributed by atoms with Crippen LogP contribution in [-0.4, -0.2) is 13.3 Å². The van der Waals surface area contributed by atoms with E-state index in [-0.39, 0.29) is 0 Å². The lowest BCUT2D eigenvalue weighted by atomic mass is 10.1. The summed E-state index contributed by atoms with van der Waals surface area (Å²) < 4.78 is 5.29. The van der Waals surface area contributed by atoms with Crippen molar-refractivity contribution >= 4 is 23.5 Å². The molecule has 0 heterocycles. The van der Waals surface area contributed by atoms with Crippen LogP contribution in [0, 0.1) is 13.8 Å². The average molecular weight is 274 g/mol. The minimum atomic E-state index is 0.670. The fraction of sp³-hybridized carbons (Fsp3) is 0.188. The van der Waals surface area contributed by atoms with E-state index in [4.69, 9.17) is 16.3 Å². The van der Waals surface area contributed by atoms with E-state index >= 15 is 0 Å². The Morgan fingerprint density at radius 1 is 1.11 bits per heavy atom. The quantitative estimate of drug-likeness (QED) is 0.742. The highest BCUT2D eigenvalue weighted by Crippen LogP contribution is 2.23. The van der Waals surface area contributed by atoms with Crippen molar-refractivity contribution in [1.29, 1.82) is 0 Å². The molecule has 0 aliphatic carbocycles. The van der Waals surface area contributed by atoms with Crippen molar-refractivity contribution in [2.24, 2.45) is 4.99 Å². The van der Waals surface area contributed by atoms with Gasteiger partial charge in [-0.2, -0.15) is 0 Å². The van der Waals surface area contributed by atoms with Gasteiger partial charge < -0.3 is 4.74 Å². The molecule has 2 aromatic carbocycles. The Bertz CT molecular complexity index is 620. The van der Waals surface area contributed by atoms with Gasteiger partial charge in [0.05, 0.1) is 12.8 Å². The van der Waals surface area contributed by atoms with Crippen LogP contribution in [0.15, 0.2) is 41.4 Å². The minimum absolute atomic E-state index is 0.670. The summed E-state index contributed by atoms with van der Waals surface area (Å²) in [6, 6.07) is 11.7. The summed E-state index contributed by atoms with van der Waals surface area (Å²) in [5.74, 6) is 0.762. The Morgan fingerprint density at radius 2 is 1.89 bits per heavy atom. The maximum Gasteiger partial charge on any atom is 0.127 e. The van der Waals surface area contributed by atoms with E-state index in [0.717, 1.165) is 22.6 Å². The predicted octanol–water partition coefficient (Wildman–Crippen LogP) is 4.72. The molecule has 98 valence electrons. The Kier molecular flexibility index (Phi) is 4.23. The number of hydrogen-bond acceptors (Lipinski definition) is 2. The van der Waals surface area contributed by atoms with Crippen molar-refractivity contribution in [1.82, 2.24) is 0 Å². The van der Waals surface area contributed by atoms with E-state index in [1.807, 2.05) is 19.1 Å². The molecule has 0 fully saturated rings. The lowest BCUT2D eigenvalue weighted by molar-refractivity contribution is 0.414. The van der Waals surface area contributed by atoms with Gasteiger partial charge in [0.2, 0.25) is 0 Å². The van der Waals surface area contributed by atoms with Crippen LogP contribution in [-0.2, 0) is 0 Å². The van der Waals surface area contributed by atoms with Gasteiger partial charge in [0.1, 0.15) is 5.75 Å². The van der Waals surface area contributed by atoms with Crippen LogP contribution in [0.25, 0.3) is 0 Å². The van der Waals surface area contributed by atoms with Gasteiger partial charge in [-0.3, -0.25) is 4.99 Å². The number of ether oxygens (including phenoxy) is 1. The van der Waals surface area contributed by atoms with Crippen molar-refractivity contribution in [2.75, 3.05) is 7.11 Å². The summed E-state index contributed by atoms with van der Waals surface area (Å²) in [7, 11) is 1.64. The van der Waals surface area contributed by atoms with Crippen LogP contribution in [0.4, 0.5) is 5.69 Å². The summed E-state index contributed by atoms with van der Waals surface area (Å²) in [5, 5.41) is 0.670. The molecule has 2 nitrogen and oxygen atoms in total. The van der Waals surface area contributed by atoms with Gasteiger partial charge in [-0.25, -0.2) is 0 Å². The number of nitrogens with zero attached hydrogens (tertiary/aromatic N) is 1. The van der Waals surface area contributed by atoms with Crippen LogP contribution in [0.2, 0.25) is 5.02 Å². The SMILES string of the molecule is COc1ccc(Cl)cc1C=Nc1cc(C)ccc1C. The first-order valence-electron chi connectivity index (χ1n) is 6.05. The third-order valence-electron chi connectivity index (χ3n) is 2.90. The molecule has 0 atom stereocenters. The Morgan fingerprint density at radius 3 is 2.63 bits per heavy atom. The van der Waals surface area contributed by atoms with E-state index in [9.17, 15) is 0 Å². The molecule has 0 saturated heterocycles. The van der Waals surface area contributed by atoms with Crippen molar-refractivity contribution in [3.8, 4) is 5.75 Å². The maximum absolute atomic E-state index is 5.99. The number of benzene rings is 2. The molecule has 0 spiro atoms. The molecule has 19 heavy (non-hydrogen) atoms. The van der Waals surface area contributed by atoms with Gasteiger partial charge in [-0.15, -0.1) is 0 Å². The molecule has 0 radical (unpaired) electrons. The second-order valence-electron chi connectivity index (χ2n) is 4.43. The fourth-order valence-corrected chi connectivity index (χ4v) is 1.98. The number of rotatable bonds is 3. The topological polar surface area (TPSA) is 21.6 Å². The Balaban J connectivity index is 2.37. The summed E-state index contributed by atoms with van der Waals surface area (Å²) in [6.45, 7) is 4.10. The summed E-state index contributed by atoms with van der Waals surface area (Å²) in [5.41, 5.74) is 4.16. The predicted molar refractivity (Wildman–Crippen MR) is 81.2 cm³/mol. The van der Waals surface area contributed by atoms with E-state index in [1.54, 1.807) is 19.4 Å². The van der Waals surface area contributed by atoms with Gasteiger partial charge in [0.15, 0.2) is 0 Å². The maximum atomic E-state index is 5.99. The smallest absolute Gasteiger partial charge is 0.127 e. The largest absolute Gasteiger partial charge is 0.496 e. The normalized spacial score (nSPS) is 10.9. The van der Waals surface area contributed by atoms with Crippen molar-refractivity contribution in [3.05, 3.63) is 58.1 Å². The van der Waals surface area contributed by atoms with E-state index in [0.29, 0.717) is 5.02 Å². The summed E-state index contributed by atoms with van der Waals surface area (Å²) in [4.78, 5) is 4.52. The first kappa shape index (κ1) is 13.6. The minimum Gasteiger partial charge on any atom is -0.496 e. The van der Waals surface area contributed by atoms with E-state index < -0.39 is 0 Å². The third-order valence-corrected chi connectivity index (χ3v) is 3.13. The first-order chi connectivity index (χ1) is 9.10. The summed E-state index contributed by atoms with van der Waals surface area (Å²) >= 11 is 5.99. The average Bonchev–Trinajstić information content (AvgIpc) is 2.40. The van der Waals surface area contributed by atoms with Crippen LogP contribution in [0.5, 0.6) is 5.75 Å². The second kappa shape index (κ2) is 5.89. The monoisotopic (exact) mass is 273 g/mol. The zero-order valence-electron chi connectivity index (χ0n) is 11.3. The van der Waals surface area contributed by atoms with Crippen LogP contribution >= 0.6 is 11.6 Å². The number of aliphatic imine (C=N–C) groups is 1. The molecule has 0 aliphatic heterocycles. The lowest BCUT2D eigenvalue weighted by Crippen LogP contribution is -1.90. The van der Waals surface area contributed by atoms with Gasteiger partial charge >= 0.3 is 0 Å². The Labute approximate surface area is 118 Å². The highest BCUT2D eigenvalue weighted by Gasteiger charge is 2.02. The molecule has 0 N–H and O–H groups in total. The van der Waals surface area contributed by atoms with Crippen LogP contribution in [0.1, 0.15) is 16.7 Å². The lowest BCUT2D eigenvalue weighted by Gasteiger charge is -2.05. The number of halogens is 1. The fourth-order valence-electron chi connectivity index (χ4n) is 1.80. The standard InChI is InChI=1S/C16H16ClNO/c1-11-4-5-12(2)15(8-11)18-10-13-9-14(17)6-7-16(13)19-3/h4-10H,1-3H3. The molecule has 0 aromatic heterocycles. The van der Waals surface area contributed by atoms with Gasteiger partial charge in [-0.1, -0.05) is 23.7 Å². The highest BCUT2D eigenvalue weighted by molar-refractivity contribution is 6.30. The molecule has 0 amide bonds. The molecule has 2 rings (SSSR count). The van der Waals surface area contributed by atoms with Crippen molar-refractivity contribution in [2.45, 2.75) is 13.8 Å². The molecule has 0 aliphatic rings. The molecular weight excluding hydrogens is 258 g/mol. The highest BCUT2D eigenvalue weighted by atomic mass is 35.5. The molecule has 0 bridgehead atoms. The molecule has 3 heteroatoms. The van der Waals surface area contributed by atoms with E-state index in [2.05, 4.69) is 30.1 Å². The number of hydrogen-bond donors (Lipinski definition) is 0. The zero-order valence-corrected chi connectivity index (χ0v) is 12.0. The van der Waals surface area contributed by atoms with Gasteiger partial charge in [0, 0.05) is 16.8 Å². The van der Waals surface area contributed by atoms with Gasteiger partial charge in [0.25, 0.3) is 0 Å². The number of methoxy groups -OCH3 is 1. The zero-order chi connectivity index (χ0) is 13.8. The van der Waals surface area contributed by atoms with Crippen LogP contribution < -0.4 is 4.74 Å².